The van der Waals surface area contributed by atoms with E-state index in [1.807, 2.05) is 60.7 Å². The summed E-state index contributed by atoms with van der Waals surface area (Å²) in [6.45, 7) is 0.477. The maximum Gasteiger partial charge on any atom is 0.102 e. The van der Waals surface area contributed by atoms with Gasteiger partial charge in [0.05, 0.1) is 12.7 Å². The fourth-order valence-electron chi connectivity index (χ4n) is 1.38. The monoisotopic (exact) mass is 241 g/mol. The molecule has 0 unspecified atom stereocenters. The van der Waals surface area contributed by atoms with Crippen LogP contribution < -0.4 is 0 Å². The lowest BCUT2D eigenvalue weighted by molar-refractivity contribution is -0.155. The summed E-state index contributed by atoms with van der Waals surface area (Å²) >= 11 is 0. The molecule has 4 heteroatoms. The third kappa shape index (κ3) is 3.99. The highest BCUT2D eigenvalue weighted by molar-refractivity contribution is 5.34. The predicted octanol–water partition coefficient (Wildman–Crippen LogP) is 3.75. The highest BCUT2D eigenvalue weighted by atomic mass is 16.7. The Morgan fingerprint density at radius 3 is 2.22 bits per heavy atom. The van der Waals surface area contributed by atoms with Gasteiger partial charge in [-0.2, -0.15) is 5.17 Å². The van der Waals surface area contributed by atoms with Crippen LogP contribution in [0.1, 0.15) is 5.56 Å². The van der Waals surface area contributed by atoms with E-state index in [-0.39, 0.29) is 0 Å². The van der Waals surface area contributed by atoms with Crippen molar-refractivity contribution in [1.29, 1.82) is 0 Å². The van der Waals surface area contributed by atoms with E-state index in [1.54, 1.807) is 7.05 Å². The molecule has 4 nitrogen and oxygen atoms in total. The van der Waals surface area contributed by atoms with E-state index in [2.05, 4.69) is 10.3 Å². The van der Waals surface area contributed by atoms with Crippen LogP contribution in [-0.2, 0) is 11.4 Å². The van der Waals surface area contributed by atoms with Gasteiger partial charge in [0.25, 0.3) is 0 Å². The van der Waals surface area contributed by atoms with Gasteiger partial charge in [0.15, 0.2) is 0 Å². The fraction of sp³-hybridized carbons (Fsp3) is 0.143. The van der Waals surface area contributed by atoms with Gasteiger partial charge in [0, 0.05) is 0 Å². The number of benzene rings is 2. The summed E-state index contributed by atoms with van der Waals surface area (Å²) in [6, 6.07) is 19.5. The Morgan fingerprint density at radius 1 is 0.944 bits per heavy atom. The van der Waals surface area contributed by atoms with Gasteiger partial charge in [-0.05, 0) is 22.9 Å². The molecule has 2 aromatic carbocycles. The van der Waals surface area contributed by atoms with E-state index in [1.165, 1.54) is 5.17 Å². The van der Waals surface area contributed by atoms with Crippen LogP contribution in [0.5, 0.6) is 0 Å². The van der Waals surface area contributed by atoms with Crippen molar-refractivity contribution < 1.29 is 4.84 Å². The molecule has 0 aliphatic carbocycles. The van der Waals surface area contributed by atoms with Crippen molar-refractivity contribution in [1.82, 2.24) is 5.17 Å². The Kier molecular flexibility index (Phi) is 4.44. The number of hydroxylamine groups is 1. The second-order valence-electron chi connectivity index (χ2n) is 3.75. The van der Waals surface area contributed by atoms with Crippen molar-refractivity contribution >= 4 is 5.69 Å². The Hall–Kier alpha value is -2.20. The van der Waals surface area contributed by atoms with Crippen LogP contribution in [0.3, 0.4) is 0 Å². The zero-order valence-electron chi connectivity index (χ0n) is 10.2. The lowest BCUT2D eigenvalue weighted by Crippen LogP contribution is -2.10. The molecule has 0 spiro atoms. The molecule has 0 amide bonds. The van der Waals surface area contributed by atoms with Gasteiger partial charge >= 0.3 is 0 Å². The van der Waals surface area contributed by atoms with Crippen LogP contribution >= 0.6 is 0 Å². The smallest absolute Gasteiger partial charge is 0.102 e. The predicted molar refractivity (Wildman–Crippen MR) is 70.0 cm³/mol. The largest absolute Gasteiger partial charge is 0.251 e. The number of hydrogen-bond donors (Lipinski definition) is 0. The van der Waals surface area contributed by atoms with Gasteiger partial charge in [-0.15, -0.1) is 5.11 Å². The molecule has 0 saturated heterocycles. The molecule has 0 radical (unpaired) electrons. The Balaban J connectivity index is 1.82. The molecule has 18 heavy (non-hydrogen) atoms. The van der Waals surface area contributed by atoms with Gasteiger partial charge in [-0.25, -0.2) is 0 Å². The average Bonchev–Trinajstić information content (AvgIpc) is 2.45. The minimum Gasteiger partial charge on any atom is -0.251 e. The van der Waals surface area contributed by atoms with Crippen LogP contribution in [0.25, 0.3) is 0 Å². The molecule has 92 valence electrons. The van der Waals surface area contributed by atoms with E-state index >= 15 is 0 Å². The van der Waals surface area contributed by atoms with Crippen molar-refractivity contribution in [2.45, 2.75) is 6.61 Å². The third-order valence-corrected chi connectivity index (χ3v) is 2.30. The van der Waals surface area contributed by atoms with Crippen LogP contribution in [0.4, 0.5) is 5.69 Å². The summed E-state index contributed by atoms with van der Waals surface area (Å²) in [4.78, 5) is 5.42. The quantitative estimate of drug-likeness (QED) is 0.590. The molecule has 0 saturated carbocycles. The van der Waals surface area contributed by atoms with Crippen molar-refractivity contribution in [3.05, 3.63) is 66.2 Å². The van der Waals surface area contributed by atoms with Gasteiger partial charge in [0.2, 0.25) is 0 Å². The molecule has 2 rings (SSSR count). The Labute approximate surface area is 106 Å². The summed E-state index contributed by atoms with van der Waals surface area (Å²) in [7, 11) is 1.72. The molecular weight excluding hydrogens is 226 g/mol. The summed E-state index contributed by atoms with van der Waals surface area (Å²) in [5.41, 5.74) is 1.90. The van der Waals surface area contributed by atoms with Crippen LogP contribution in [-0.4, -0.2) is 12.2 Å². The summed E-state index contributed by atoms with van der Waals surface area (Å²) < 4.78 is 0. The first kappa shape index (κ1) is 12.3. The Bertz CT molecular complexity index is 485. The van der Waals surface area contributed by atoms with Gasteiger partial charge < -0.3 is 0 Å². The summed E-state index contributed by atoms with van der Waals surface area (Å²) in [5.74, 6) is 0. The number of nitrogens with zero attached hydrogens (tertiary/aromatic N) is 3. The highest BCUT2D eigenvalue weighted by Crippen LogP contribution is 2.11. The van der Waals surface area contributed by atoms with Crippen LogP contribution in [0.15, 0.2) is 71.0 Å². The third-order valence-electron chi connectivity index (χ3n) is 2.30. The SMILES string of the molecule is CN(N=Nc1ccccc1)OCc1ccccc1. The van der Waals surface area contributed by atoms with Crippen molar-refractivity contribution in [2.24, 2.45) is 10.3 Å². The van der Waals surface area contributed by atoms with E-state index in [9.17, 15) is 0 Å². The van der Waals surface area contributed by atoms with E-state index in [0.29, 0.717) is 6.61 Å². The fourth-order valence-corrected chi connectivity index (χ4v) is 1.38. The first-order valence-electron chi connectivity index (χ1n) is 5.72. The van der Waals surface area contributed by atoms with Crippen molar-refractivity contribution in [3.8, 4) is 0 Å². The molecular formula is C14H15N3O. The molecule has 0 bridgehead atoms. The van der Waals surface area contributed by atoms with E-state index in [4.69, 9.17) is 4.84 Å². The maximum atomic E-state index is 5.42. The standard InChI is InChI=1S/C14H15N3O/c1-17(16-15-14-10-6-3-7-11-14)18-12-13-8-4-2-5-9-13/h2-11H,12H2,1H3. The van der Waals surface area contributed by atoms with Crippen LogP contribution in [0, 0.1) is 0 Å². The number of rotatable bonds is 5. The zero-order chi connectivity index (χ0) is 12.6. The maximum absolute atomic E-state index is 5.42. The second-order valence-corrected chi connectivity index (χ2v) is 3.75. The minimum atomic E-state index is 0.477. The molecule has 0 aliphatic rings. The number of hydrogen-bond acceptors (Lipinski definition) is 3. The van der Waals surface area contributed by atoms with Crippen molar-refractivity contribution in [2.75, 3.05) is 7.05 Å². The average molecular weight is 241 g/mol. The summed E-state index contributed by atoms with van der Waals surface area (Å²) in [5, 5.41) is 9.35. The molecule has 0 fully saturated rings. The lowest BCUT2D eigenvalue weighted by Gasteiger charge is -2.10. The molecule has 0 heterocycles. The first-order chi connectivity index (χ1) is 8.84. The highest BCUT2D eigenvalue weighted by Gasteiger charge is 1.95. The van der Waals surface area contributed by atoms with E-state index in [0.717, 1.165) is 11.3 Å². The van der Waals surface area contributed by atoms with Gasteiger partial charge in [-0.3, -0.25) is 4.84 Å². The topological polar surface area (TPSA) is 37.2 Å². The Morgan fingerprint density at radius 2 is 1.56 bits per heavy atom. The van der Waals surface area contributed by atoms with Crippen LogP contribution in [0.2, 0.25) is 0 Å². The normalized spacial score (nSPS) is 10.7. The molecule has 2 aromatic rings. The van der Waals surface area contributed by atoms with E-state index < -0.39 is 0 Å². The molecule has 0 atom stereocenters. The lowest BCUT2D eigenvalue weighted by atomic mass is 10.2. The van der Waals surface area contributed by atoms with Gasteiger partial charge in [-0.1, -0.05) is 48.5 Å². The zero-order valence-corrected chi connectivity index (χ0v) is 10.2. The minimum absolute atomic E-state index is 0.477. The van der Waals surface area contributed by atoms with Crippen molar-refractivity contribution in [3.63, 3.8) is 0 Å². The van der Waals surface area contributed by atoms with Gasteiger partial charge in [0.1, 0.15) is 6.61 Å². The first-order valence-corrected chi connectivity index (χ1v) is 5.72. The molecule has 0 N–H and O–H groups in total. The second kappa shape index (κ2) is 6.51. The molecule has 0 aliphatic heterocycles. The summed E-state index contributed by atoms with van der Waals surface area (Å²) in [6.07, 6.45) is 0. The molecule has 0 aromatic heterocycles.